The van der Waals surface area contributed by atoms with Crippen LogP contribution in [0.25, 0.3) is 0 Å². The first-order valence-electron chi connectivity index (χ1n) is 8.05. The van der Waals surface area contributed by atoms with Crippen molar-refractivity contribution in [1.82, 2.24) is 4.90 Å². The zero-order valence-electron chi connectivity index (χ0n) is 14.8. The number of ketones is 1. The van der Waals surface area contributed by atoms with Crippen molar-refractivity contribution in [2.45, 2.75) is 32.8 Å². The molecule has 1 aromatic rings. The van der Waals surface area contributed by atoms with Gasteiger partial charge in [0.05, 0.1) is 12.1 Å². The van der Waals surface area contributed by atoms with Crippen LogP contribution < -0.4 is 4.74 Å². The van der Waals surface area contributed by atoms with Crippen molar-refractivity contribution in [3.63, 3.8) is 0 Å². The molecule has 0 spiro atoms. The molecule has 1 aliphatic rings. The third kappa shape index (κ3) is 3.57. The molecule has 0 radical (unpaired) electrons. The van der Waals surface area contributed by atoms with E-state index in [1.165, 1.54) is 7.11 Å². The lowest BCUT2D eigenvalue weighted by Gasteiger charge is -2.20. The Morgan fingerprint density at radius 3 is 2.67 bits per heavy atom. The zero-order valence-corrected chi connectivity index (χ0v) is 15.6. The average molecular weight is 354 g/mol. The molecule has 2 rings (SSSR count). The molecule has 0 aromatic heterocycles. The number of esters is 1. The van der Waals surface area contributed by atoms with Crippen molar-refractivity contribution in [1.29, 1.82) is 0 Å². The number of hydrogen-bond donors (Lipinski definition) is 0. The molecule has 5 nitrogen and oxygen atoms in total. The van der Waals surface area contributed by atoms with E-state index in [4.69, 9.17) is 21.1 Å². The number of methoxy groups -OCH3 is 1. The normalized spacial score (nSPS) is 17.4. The van der Waals surface area contributed by atoms with E-state index in [9.17, 15) is 9.59 Å². The molecule has 0 aliphatic carbocycles. The van der Waals surface area contributed by atoms with Gasteiger partial charge in [-0.2, -0.15) is 0 Å². The molecule has 0 N–H and O–H groups in total. The number of carbonyl (C=O) groups excluding carboxylic acids is 2. The number of nitrogens with zero attached hydrogens (tertiary/aromatic N) is 1. The highest BCUT2D eigenvalue weighted by atomic mass is 35.5. The van der Waals surface area contributed by atoms with Gasteiger partial charge in [0.25, 0.3) is 0 Å². The van der Waals surface area contributed by atoms with Gasteiger partial charge in [-0.15, -0.1) is 0 Å². The Kier molecular flexibility index (Phi) is 5.88. The number of fused-ring (bicyclic) bond motifs is 1. The largest absolute Gasteiger partial charge is 0.478 e. The van der Waals surface area contributed by atoms with Crippen molar-refractivity contribution in [3.05, 3.63) is 27.8 Å². The first-order valence-corrected chi connectivity index (χ1v) is 8.43. The smallest absolute Gasteiger partial charge is 0.347 e. The summed E-state index contributed by atoms with van der Waals surface area (Å²) in [6.45, 7) is 4.48. The van der Waals surface area contributed by atoms with Crippen LogP contribution in [0.1, 0.15) is 34.8 Å². The van der Waals surface area contributed by atoms with Gasteiger partial charge in [0.2, 0.25) is 0 Å². The summed E-state index contributed by atoms with van der Waals surface area (Å²) < 4.78 is 10.4. The van der Waals surface area contributed by atoms with E-state index in [0.717, 1.165) is 12.0 Å². The number of ether oxygens (including phenoxy) is 2. The Labute approximate surface area is 147 Å². The summed E-state index contributed by atoms with van der Waals surface area (Å²) in [7, 11) is 5.22. The van der Waals surface area contributed by atoms with E-state index < -0.39 is 12.1 Å². The van der Waals surface area contributed by atoms with Crippen LogP contribution in [0.5, 0.6) is 5.75 Å². The van der Waals surface area contributed by atoms with Crippen LogP contribution in [0.4, 0.5) is 0 Å². The minimum atomic E-state index is -0.672. The molecule has 1 heterocycles. The minimum Gasteiger partial charge on any atom is -0.478 e. The molecule has 0 saturated heterocycles. The number of carbonyl (C=O) groups is 2. The van der Waals surface area contributed by atoms with Crippen LogP contribution in [0.2, 0.25) is 5.02 Å². The summed E-state index contributed by atoms with van der Waals surface area (Å²) in [5.74, 6) is 0.0820. The lowest BCUT2D eigenvalue weighted by atomic mass is 9.91. The van der Waals surface area contributed by atoms with E-state index in [0.29, 0.717) is 34.9 Å². The van der Waals surface area contributed by atoms with Crippen LogP contribution in [0, 0.1) is 12.8 Å². The van der Waals surface area contributed by atoms with Crippen LogP contribution in [0.3, 0.4) is 0 Å². The second-order valence-electron chi connectivity index (χ2n) is 6.42. The third-order valence-electron chi connectivity index (χ3n) is 4.36. The second-order valence-corrected chi connectivity index (χ2v) is 6.79. The molecule has 2 unspecified atom stereocenters. The molecular weight excluding hydrogens is 330 g/mol. The quantitative estimate of drug-likeness (QED) is 0.581. The molecule has 6 heteroatoms. The highest BCUT2D eigenvalue weighted by molar-refractivity contribution is 6.35. The summed E-state index contributed by atoms with van der Waals surface area (Å²) in [5.41, 5.74) is 2.04. The lowest BCUT2D eigenvalue weighted by Crippen LogP contribution is -2.27. The van der Waals surface area contributed by atoms with Gasteiger partial charge in [0.1, 0.15) is 5.75 Å². The van der Waals surface area contributed by atoms with Crippen molar-refractivity contribution < 1.29 is 19.1 Å². The first kappa shape index (κ1) is 18.7. The predicted molar refractivity (Wildman–Crippen MR) is 93.0 cm³/mol. The van der Waals surface area contributed by atoms with Gasteiger partial charge in [-0.05, 0) is 39.1 Å². The fraction of sp³-hybridized carbons (Fsp3) is 0.556. The molecule has 132 valence electrons. The zero-order chi connectivity index (χ0) is 18.0. The Morgan fingerprint density at radius 1 is 1.46 bits per heavy atom. The van der Waals surface area contributed by atoms with E-state index >= 15 is 0 Å². The maximum atomic E-state index is 12.9. The number of halogens is 1. The van der Waals surface area contributed by atoms with Gasteiger partial charge in [-0.3, -0.25) is 4.79 Å². The SMILES string of the molecule is CCC(CN(C)C)C(=O)c1cc2c(c(C)c1Cl)OC(C(=O)OC)C2. The standard InChI is InChI=1S/C18H24ClNO4/c1-6-11(9-20(3)4)16(21)13-7-12-8-14(18(22)23-5)24-17(12)10(2)15(13)19/h7,11,14H,6,8-9H2,1-5H3. The number of Topliss-reactive ketones (excluding diaryl/α,β-unsaturated/α-hetero) is 1. The minimum absolute atomic E-state index is 0.0311. The first-order chi connectivity index (χ1) is 11.3. The Morgan fingerprint density at radius 2 is 2.12 bits per heavy atom. The molecule has 24 heavy (non-hydrogen) atoms. The van der Waals surface area contributed by atoms with Gasteiger partial charge >= 0.3 is 5.97 Å². The van der Waals surface area contributed by atoms with Gasteiger partial charge in [-0.25, -0.2) is 4.79 Å². The van der Waals surface area contributed by atoms with E-state index in [1.807, 2.05) is 32.8 Å². The fourth-order valence-electron chi connectivity index (χ4n) is 3.05. The number of hydrogen-bond acceptors (Lipinski definition) is 5. The average Bonchev–Trinajstić information content (AvgIpc) is 2.98. The maximum absolute atomic E-state index is 12.9. The molecule has 1 aliphatic heterocycles. The van der Waals surface area contributed by atoms with Crippen LogP contribution >= 0.6 is 11.6 Å². The summed E-state index contributed by atoms with van der Waals surface area (Å²) in [5, 5.41) is 0.404. The van der Waals surface area contributed by atoms with Gasteiger partial charge in [0, 0.05) is 30.0 Å². The molecule has 0 amide bonds. The molecular formula is C18H24ClNO4. The monoisotopic (exact) mass is 353 g/mol. The Bertz CT molecular complexity index is 657. The molecule has 0 saturated carbocycles. The summed E-state index contributed by atoms with van der Waals surface area (Å²) in [6, 6.07) is 1.77. The van der Waals surface area contributed by atoms with Crippen LogP contribution in [0.15, 0.2) is 6.07 Å². The van der Waals surface area contributed by atoms with Crippen LogP contribution in [-0.4, -0.2) is 50.5 Å². The van der Waals surface area contributed by atoms with Crippen molar-refractivity contribution in [2.24, 2.45) is 5.92 Å². The molecule has 0 fully saturated rings. The summed E-state index contributed by atoms with van der Waals surface area (Å²) in [4.78, 5) is 26.6. The van der Waals surface area contributed by atoms with Crippen molar-refractivity contribution in [3.8, 4) is 5.75 Å². The Balaban J connectivity index is 2.36. The van der Waals surface area contributed by atoms with Gasteiger partial charge < -0.3 is 14.4 Å². The maximum Gasteiger partial charge on any atom is 0.347 e. The second kappa shape index (κ2) is 7.53. The predicted octanol–water partition coefficient (Wildman–Crippen LogP) is 2.90. The topological polar surface area (TPSA) is 55.8 Å². The molecule has 2 atom stereocenters. The summed E-state index contributed by atoms with van der Waals surface area (Å²) in [6.07, 6.45) is 0.462. The van der Waals surface area contributed by atoms with E-state index in [-0.39, 0.29) is 11.7 Å². The van der Waals surface area contributed by atoms with Gasteiger partial charge in [-0.1, -0.05) is 18.5 Å². The molecule has 0 bridgehead atoms. The Hall–Kier alpha value is -1.59. The van der Waals surface area contributed by atoms with Gasteiger partial charge in [0.15, 0.2) is 11.9 Å². The lowest BCUT2D eigenvalue weighted by molar-refractivity contribution is -0.147. The van der Waals surface area contributed by atoms with E-state index in [1.54, 1.807) is 6.07 Å². The van der Waals surface area contributed by atoms with Crippen molar-refractivity contribution in [2.75, 3.05) is 27.7 Å². The van der Waals surface area contributed by atoms with Crippen molar-refractivity contribution >= 4 is 23.4 Å². The molecule has 1 aromatic carbocycles. The van der Waals surface area contributed by atoms with E-state index in [2.05, 4.69) is 0 Å². The third-order valence-corrected chi connectivity index (χ3v) is 4.85. The number of benzene rings is 1. The fourth-order valence-corrected chi connectivity index (χ4v) is 3.28. The highest BCUT2D eigenvalue weighted by Crippen LogP contribution is 2.39. The highest BCUT2D eigenvalue weighted by Gasteiger charge is 2.34. The number of rotatable bonds is 6. The van der Waals surface area contributed by atoms with Crippen LogP contribution in [-0.2, 0) is 16.0 Å². The summed E-state index contributed by atoms with van der Waals surface area (Å²) >= 11 is 6.44.